The van der Waals surface area contributed by atoms with E-state index in [0.29, 0.717) is 0 Å². The summed E-state index contributed by atoms with van der Waals surface area (Å²) in [5, 5.41) is 11.2. The van der Waals surface area contributed by atoms with Gasteiger partial charge in [-0.05, 0) is 135 Å². The Bertz CT molecular complexity index is 4630. The summed E-state index contributed by atoms with van der Waals surface area (Å²) in [6, 6.07) is 99.6. The van der Waals surface area contributed by atoms with Crippen LogP contribution in [-0.2, 0) is 0 Å². The molecular formula is C70H46N4. The summed E-state index contributed by atoms with van der Waals surface area (Å²) < 4.78 is 7.25. The summed E-state index contributed by atoms with van der Waals surface area (Å²) in [6.07, 6.45) is 2.25. The van der Waals surface area contributed by atoms with Crippen molar-refractivity contribution in [3.05, 3.63) is 279 Å². The molecule has 15 aromatic rings. The van der Waals surface area contributed by atoms with Crippen molar-refractivity contribution in [1.29, 1.82) is 0 Å². The van der Waals surface area contributed by atoms with Gasteiger partial charge in [-0.2, -0.15) is 0 Å². The molecule has 0 N–H and O–H groups in total. The minimum Gasteiger partial charge on any atom is -0.316 e. The number of anilines is 3. The van der Waals surface area contributed by atoms with Crippen molar-refractivity contribution >= 4 is 93.1 Å². The van der Waals surface area contributed by atoms with E-state index in [0.717, 1.165) is 34.1 Å². The largest absolute Gasteiger partial charge is 0.316 e. The fraction of sp³-hybridized carbons (Fsp3) is 0. The number of benzene rings is 12. The molecule has 0 atom stereocenters. The van der Waals surface area contributed by atoms with Crippen molar-refractivity contribution in [2.75, 3.05) is 4.90 Å². The van der Waals surface area contributed by atoms with Crippen LogP contribution in [-0.4, -0.2) is 13.7 Å². The van der Waals surface area contributed by atoms with Crippen molar-refractivity contribution < 1.29 is 0 Å². The molecule has 0 fully saturated rings. The first-order valence-electron chi connectivity index (χ1n) is 25.4. The van der Waals surface area contributed by atoms with Crippen LogP contribution >= 0.6 is 0 Å². The minimum absolute atomic E-state index is 1.11. The Morgan fingerprint density at radius 1 is 0.257 bits per heavy atom. The maximum atomic E-state index is 2.46. The third-order valence-electron chi connectivity index (χ3n) is 15.2. The summed E-state index contributed by atoms with van der Waals surface area (Å²) in [5.41, 5.74) is 17.4. The molecule has 0 unspecified atom stereocenters. The Morgan fingerprint density at radius 2 is 0.797 bits per heavy atom. The number of fused-ring (bicyclic) bond motifs is 11. The maximum absolute atomic E-state index is 2.46. The lowest BCUT2D eigenvalue weighted by atomic mass is 10.0. The quantitative estimate of drug-likeness (QED) is 0.148. The van der Waals surface area contributed by atoms with E-state index in [2.05, 4.69) is 298 Å². The second kappa shape index (κ2) is 16.9. The molecule has 0 spiro atoms. The molecule has 15 rings (SSSR count). The van der Waals surface area contributed by atoms with E-state index >= 15 is 0 Å². The standard InChI is InChI=1S/C70H46N4/c1-3-15-47(16-4-1)52-20-13-23-57(45-52)74-66-40-33-51-18-8-10-25-59(51)69(66)70-62-43-44-71(63(62)41-42-67(70)74)56-38-39-61-60-26-11-12-27-65(60)73(68(61)46-56)55-36-31-49(32-37-55)48-29-34-54(35-30-48)72(53-21-5-2-6-22-53)64-28-14-19-50-17-7-9-24-58(50)64/h1-46H. The van der Waals surface area contributed by atoms with Gasteiger partial charge in [-0.3, -0.25) is 0 Å². The van der Waals surface area contributed by atoms with Crippen LogP contribution in [0, 0.1) is 0 Å². The van der Waals surface area contributed by atoms with Crippen LogP contribution < -0.4 is 4.90 Å². The molecule has 0 saturated carbocycles. The Balaban J connectivity index is 0.827. The van der Waals surface area contributed by atoms with Gasteiger partial charge >= 0.3 is 0 Å². The monoisotopic (exact) mass is 942 g/mol. The Morgan fingerprint density at radius 3 is 1.59 bits per heavy atom. The summed E-state index contributed by atoms with van der Waals surface area (Å²) >= 11 is 0. The van der Waals surface area contributed by atoms with Crippen molar-refractivity contribution in [2.45, 2.75) is 0 Å². The molecule has 3 heterocycles. The van der Waals surface area contributed by atoms with Gasteiger partial charge < -0.3 is 18.6 Å². The lowest BCUT2D eigenvalue weighted by molar-refractivity contribution is 1.12. The molecule has 0 amide bonds. The zero-order valence-corrected chi connectivity index (χ0v) is 40.3. The molecule has 0 aliphatic rings. The zero-order valence-electron chi connectivity index (χ0n) is 40.3. The summed E-state index contributed by atoms with van der Waals surface area (Å²) in [4.78, 5) is 2.36. The van der Waals surface area contributed by atoms with Crippen LogP contribution in [0.2, 0.25) is 0 Å². The van der Waals surface area contributed by atoms with Crippen LogP contribution in [0.25, 0.3) is 115 Å². The predicted octanol–water partition coefficient (Wildman–Crippen LogP) is 18.9. The number of para-hydroxylation sites is 2. The average Bonchev–Trinajstić information content (AvgIpc) is 4.19. The predicted molar refractivity (Wildman–Crippen MR) is 313 cm³/mol. The van der Waals surface area contributed by atoms with Gasteiger partial charge in [0.05, 0.1) is 33.3 Å². The topological polar surface area (TPSA) is 18.0 Å². The summed E-state index contributed by atoms with van der Waals surface area (Å²) in [6.45, 7) is 0. The lowest BCUT2D eigenvalue weighted by Crippen LogP contribution is -2.10. The molecule has 0 radical (unpaired) electrons. The SMILES string of the molecule is c1ccc(-c2cccc(-n3c4ccc5ccccc5c4c4c5ccn(-c6ccc7c8ccccc8n(-c8ccc(-c9ccc(N(c%10ccccc%10)c%10cccc%11ccccc%10%11)cc9)cc8)c7c6)c5ccc43)c2)cc1. The van der Waals surface area contributed by atoms with E-state index in [1.54, 1.807) is 0 Å². The lowest BCUT2D eigenvalue weighted by Gasteiger charge is -2.27. The van der Waals surface area contributed by atoms with Gasteiger partial charge in [-0.25, -0.2) is 0 Å². The Hall–Kier alpha value is -9.90. The molecule has 0 aliphatic carbocycles. The second-order valence-electron chi connectivity index (χ2n) is 19.3. The number of rotatable bonds is 8. The van der Waals surface area contributed by atoms with Gasteiger partial charge in [0.15, 0.2) is 0 Å². The van der Waals surface area contributed by atoms with Crippen LogP contribution in [0.4, 0.5) is 17.1 Å². The first-order chi connectivity index (χ1) is 36.7. The van der Waals surface area contributed by atoms with Crippen LogP contribution in [0.5, 0.6) is 0 Å². The van der Waals surface area contributed by atoms with Crippen LogP contribution in [0.15, 0.2) is 279 Å². The highest BCUT2D eigenvalue weighted by Crippen LogP contribution is 2.44. The average molecular weight is 943 g/mol. The van der Waals surface area contributed by atoms with Gasteiger partial charge in [0.1, 0.15) is 0 Å². The molecule has 4 heteroatoms. The molecule has 0 bridgehead atoms. The Kier molecular flexibility index (Phi) is 9.54. The summed E-state index contributed by atoms with van der Waals surface area (Å²) in [5.74, 6) is 0. The number of aromatic nitrogens is 3. The highest BCUT2D eigenvalue weighted by Gasteiger charge is 2.21. The highest BCUT2D eigenvalue weighted by atomic mass is 15.1. The summed E-state index contributed by atoms with van der Waals surface area (Å²) in [7, 11) is 0. The molecule has 0 aliphatic heterocycles. The van der Waals surface area contributed by atoms with E-state index in [4.69, 9.17) is 0 Å². The van der Waals surface area contributed by atoms with E-state index in [-0.39, 0.29) is 0 Å². The van der Waals surface area contributed by atoms with Crippen molar-refractivity contribution in [3.63, 3.8) is 0 Å². The van der Waals surface area contributed by atoms with E-state index < -0.39 is 0 Å². The van der Waals surface area contributed by atoms with Gasteiger partial charge in [-0.15, -0.1) is 0 Å². The maximum Gasteiger partial charge on any atom is 0.0561 e. The minimum atomic E-state index is 1.11. The zero-order chi connectivity index (χ0) is 48.7. The highest BCUT2D eigenvalue weighted by molar-refractivity contribution is 6.28. The smallest absolute Gasteiger partial charge is 0.0561 e. The first-order valence-corrected chi connectivity index (χ1v) is 25.4. The van der Waals surface area contributed by atoms with Crippen molar-refractivity contribution in [3.8, 4) is 39.3 Å². The van der Waals surface area contributed by atoms with Gasteiger partial charge in [0.25, 0.3) is 0 Å². The first kappa shape index (κ1) is 41.8. The van der Waals surface area contributed by atoms with Gasteiger partial charge in [0, 0.05) is 67.0 Å². The van der Waals surface area contributed by atoms with E-state index in [1.807, 2.05) is 0 Å². The van der Waals surface area contributed by atoms with Crippen LogP contribution in [0.3, 0.4) is 0 Å². The Labute approximate surface area is 428 Å². The number of hydrogen-bond acceptors (Lipinski definition) is 1. The fourth-order valence-electron chi connectivity index (χ4n) is 11.9. The molecule has 74 heavy (non-hydrogen) atoms. The molecule has 346 valence electrons. The normalized spacial score (nSPS) is 11.8. The van der Waals surface area contributed by atoms with Crippen molar-refractivity contribution in [1.82, 2.24) is 13.7 Å². The molecule has 0 saturated heterocycles. The molecule has 12 aromatic carbocycles. The third-order valence-corrected chi connectivity index (χ3v) is 15.2. The van der Waals surface area contributed by atoms with E-state index in [9.17, 15) is 0 Å². The van der Waals surface area contributed by atoms with Crippen molar-refractivity contribution in [2.24, 2.45) is 0 Å². The molecule has 4 nitrogen and oxygen atoms in total. The van der Waals surface area contributed by atoms with Crippen LogP contribution in [0.1, 0.15) is 0 Å². The fourth-order valence-corrected chi connectivity index (χ4v) is 11.9. The second-order valence-corrected chi connectivity index (χ2v) is 19.3. The van der Waals surface area contributed by atoms with Gasteiger partial charge in [-0.1, -0.05) is 176 Å². The van der Waals surface area contributed by atoms with Gasteiger partial charge in [0.2, 0.25) is 0 Å². The molecular weight excluding hydrogens is 897 g/mol. The number of nitrogens with zero attached hydrogens (tertiary/aromatic N) is 4. The molecule has 3 aromatic heterocycles. The van der Waals surface area contributed by atoms with E-state index in [1.165, 1.54) is 98.3 Å². The number of hydrogen-bond donors (Lipinski definition) is 0. The third kappa shape index (κ3) is 6.62.